The largest absolute Gasteiger partial charge is 0.478 e. The minimum absolute atomic E-state index is 0.255. The SMILES string of the molecule is CCCCCCCCCCCCCCCC[N+](C)(C)Cc1ccccc1.O=C(O)c1ccc(SSc2ccc(C(=O)O)cc2)cc1. The molecule has 0 spiro atoms. The van der Waals surface area contributed by atoms with Gasteiger partial charge in [0, 0.05) is 15.4 Å². The van der Waals surface area contributed by atoms with Gasteiger partial charge >= 0.3 is 11.9 Å². The molecule has 3 rings (SSSR count). The lowest BCUT2D eigenvalue weighted by Crippen LogP contribution is -2.39. The number of rotatable bonds is 22. The summed E-state index contributed by atoms with van der Waals surface area (Å²) in [6, 6.07) is 24.1. The number of carbonyl (C=O) groups is 2. The van der Waals surface area contributed by atoms with Crippen LogP contribution in [0.3, 0.4) is 0 Å². The molecule has 0 radical (unpaired) electrons. The maximum atomic E-state index is 10.7. The van der Waals surface area contributed by atoms with E-state index >= 15 is 0 Å². The standard InChI is InChI=1S/C25H46N.C14H10O4S2/c1-4-5-6-7-8-9-10-11-12-13-14-15-16-20-23-26(2,3)24-25-21-18-17-19-22-25;15-13(16)9-1-5-11(6-2-9)19-20-12-7-3-10(4-8-12)14(17)18/h17-19,21-22H,4-16,20,23-24H2,1-3H3;1-8H,(H,15,16)(H,17,18)/q+1;. The molecule has 0 bridgehead atoms. The molecule has 0 aliphatic heterocycles. The summed E-state index contributed by atoms with van der Waals surface area (Å²) in [6.07, 6.45) is 20.2. The quantitative estimate of drug-likeness (QED) is 0.0631. The Morgan fingerprint density at radius 2 is 0.913 bits per heavy atom. The van der Waals surface area contributed by atoms with Crippen molar-refractivity contribution in [3.8, 4) is 0 Å². The number of aromatic carboxylic acids is 2. The van der Waals surface area contributed by atoms with E-state index in [1.54, 1.807) is 48.5 Å². The molecule has 3 aromatic carbocycles. The number of carboxylic acid groups (broad SMARTS) is 2. The topological polar surface area (TPSA) is 74.6 Å². The summed E-state index contributed by atoms with van der Waals surface area (Å²) in [5, 5.41) is 17.6. The monoisotopic (exact) mass is 666 g/mol. The van der Waals surface area contributed by atoms with E-state index < -0.39 is 11.9 Å². The summed E-state index contributed by atoms with van der Waals surface area (Å²) in [6.45, 7) is 4.75. The van der Waals surface area contributed by atoms with Crippen molar-refractivity contribution in [2.75, 3.05) is 20.6 Å². The molecule has 0 aromatic heterocycles. The average molecular weight is 667 g/mol. The second-order valence-electron chi connectivity index (χ2n) is 12.7. The van der Waals surface area contributed by atoms with Crippen molar-refractivity contribution in [3.63, 3.8) is 0 Å². The number of quaternary nitrogens is 1. The Morgan fingerprint density at radius 3 is 1.28 bits per heavy atom. The fourth-order valence-corrected chi connectivity index (χ4v) is 7.22. The van der Waals surface area contributed by atoms with Crippen LogP contribution >= 0.6 is 21.6 Å². The molecular weight excluding hydrogens is 611 g/mol. The Bertz CT molecular complexity index is 1170. The van der Waals surface area contributed by atoms with Crippen molar-refractivity contribution in [2.24, 2.45) is 0 Å². The Kier molecular flexibility index (Phi) is 20.2. The maximum Gasteiger partial charge on any atom is 0.335 e. The number of hydrogen-bond acceptors (Lipinski definition) is 4. The van der Waals surface area contributed by atoms with Gasteiger partial charge in [-0.15, -0.1) is 0 Å². The van der Waals surface area contributed by atoms with E-state index in [4.69, 9.17) is 10.2 Å². The van der Waals surface area contributed by atoms with Crippen LogP contribution < -0.4 is 0 Å². The van der Waals surface area contributed by atoms with Crippen molar-refractivity contribution < 1.29 is 24.3 Å². The third-order valence-electron chi connectivity index (χ3n) is 8.01. The number of carboxylic acids is 2. The highest BCUT2D eigenvalue weighted by Gasteiger charge is 2.15. The number of unbranched alkanes of at least 4 members (excludes halogenated alkanes) is 13. The molecule has 0 heterocycles. The molecule has 0 amide bonds. The zero-order valence-corrected chi connectivity index (χ0v) is 29.9. The van der Waals surface area contributed by atoms with E-state index in [1.165, 1.54) is 124 Å². The highest BCUT2D eigenvalue weighted by Crippen LogP contribution is 2.37. The predicted molar refractivity (Wildman–Crippen MR) is 196 cm³/mol. The van der Waals surface area contributed by atoms with Crippen molar-refractivity contribution in [3.05, 3.63) is 95.6 Å². The molecule has 0 aliphatic rings. The Labute approximate surface area is 286 Å². The summed E-state index contributed by atoms with van der Waals surface area (Å²) in [5.74, 6) is -1.89. The maximum absolute atomic E-state index is 10.7. The highest BCUT2D eigenvalue weighted by atomic mass is 33.1. The molecule has 0 saturated carbocycles. The van der Waals surface area contributed by atoms with Gasteiger partial charge in [0.1, 0.15) is 6.54 Å². The molecule has 0 aliphatic carbocycles. The van der Waals surface area contributed by atoms with Crippen molar-refractivity contribution >= 4 is 33.5 Å². The van der Waals surface area contributed by atoms with E-state index in [0.29, 0.717) is 0 Å². The van der Waals surface area contributed by atoms with E-state index in [9.17, 15) is 9.59 Å². The average Bonchev–Trinajstić information content (AvgIpc) is 3.05. The smallest absolute Gasteiger partial charge is 0.335 e. The van der Waals surface area contributed by atoms with Gasteiger partial charge in [-0.1, -0.05) is 136 Å². The third-order valence-corrected chi connectivity index (χ3v) is 10.4. The van der Waals surface area contributed by atoms with Gasteiger partial charge in [0.15, 0.2) is 0 Å². The zero-order chi connectivity index (χ0) is 33.5. The predicted octanol–water partition coefficient (Wildman–Crippen LogP) is 11.6. The van der Waals surface area contributed by atoms with Crippen LogP contribution in [0.1, 0.15) is 123 Å². The summed E-state index contributed by atoms with van der Waals surface area (Å²) in [4.78, 5) is 23.3. The van der Waals surface area contributed by atoms with Gasteiger partial charge in [-0.05, 0) is 61.4 Å². The molecule has 46 heavy (non-hydrogen) atoms. The second kappa shape index (κ2) is 23.6. The fourth-order valence-electron chi connectivity index (χ4n) is 5.29. The first kappa shape index (κ1) is 39.4. The third kappa shape index (κ3) is 18.4. The van der Waals surface area contributed by atoms with Crippen LogP contribution in [0.5, 0.6) is 0 Å². The molecule has 0 fully saturated rings. The molecule has 7 heteroatoms. The molecular formula is C39H56NO4S2+. The van der Waals surface area contributed by atoms with Crippen LogP contribution in [0.15, 0.2) is 88.7 Å². The normalized spacial score (nSPS) is 11.1. The lowest BCUT2D eigenvalue weighted by molar-refractivity contribution is -0.903. The minimum Gasteiger partial charge on any atom is -0.478 e. The van der Waals surface area contributed by atoms with Gasteiger partial charge in [-0.3, -0.25) is 0 Å². The Morgan fingerprint density at radius 1 is 0.543 bits per heavy atom. The van der Waals surface area contributed by atoms with Crippen molar-refractivity contribution in [2.45, 2.75) is 113 Å². The van der Waals surface area contributed by atoms with Crippen LogP contribution in [0.2, 0.25) is 0 Å². The van der Waals surface area contributed by atoms with Crippen molar-refractivity contribution in [1.29, 1.82) is 0 Å². The highest BCUT2D eigenvalue weighted by molar-refractivity contribution is 8.76. The molecule has 0 unspecified atom stereocenters. The summed E-state index contributed by atoms with van der Waals surface area (Å²) >= 11 is 0. The van der Waals surface area contributed by atoms with Gasteiger partial charge in [0.2, 0.25) is 0 Å². The van der Waals surface area contributed by atoms with E-state index in [1.807, 2.05) is 0 Å². The second-order valence-corrected chi connectivity index (χ2v) is 15.0. The number of benzene rings is 3. The summed E-state index contributed by atoms with van der Waals surface area (Å²) in [5.41, 5.74) is 1.97. The first-order chi connectivity index (χ1) is 22.2. The molecule has 3 aromatic rings. The van der Waals surface area contributed by atoms with Gasteiger partial charge in [0.25, 0.3) is 0 Å². The van der Waals surface area contributed by atoms with Gasteiger partial charge < -0.3 is 14.7 Å². The van der Waals surface area contributed by atoms with Gasteiger partial charge in [-0.2, -0.15) is 0 Å². The van der Waals surface area contributed by atoms with E-state index in [2.05, 4.69) is 51.4 Å². The van der Waals surface area contributed by atoms with Crippen LogP contribution in [0.4, 0.5) is 0 Å². The first-order valence-electron chi connectivity index (χ1n) is 17.1. The van der Waals surface area contributed by atoms with Crippen LogP contribution in [-0.4, -0.2) is 47.3 Å². The summed E-state index contributed by atoms with van der Waals surface area (Å²) < 4.78 is 1.11. The molecule has 2 N–H and O–H groups in total. The van der Waals surface area contributed by atoms with Crippen molar-refractivity contribution in [1.82, 2.24) is 0 Å². The number of nitrogens with zero attached hydrogens (tertiary/aromatic N) is 1. The molecule has 5 nitrogen and oxygen atoms in total. The first-order valence-corrected chi connectivity index (χ1v) is 19.2. The molecule has 0 atom stereocenters. The van der Waals surface area contributed by atoms with Crippen LogP contribution in [0.25, 0.3) is 0 Å². The lowest BCUT2D eigenvalue weighted by atomic mass is 10.0. The zero-order valence-electron chi connectivity index (χ0n) is 28.3. The van der Waals surface area contributed by atoms with E-state index in [-0.39, 0.29) is 11.1 Å². The minimum atomic E-state index is -0.946. The number of hydrogen-bond donors (Lipinski definition) is 2. The van der Waals surface area contributed by atoms with Crippen LogP contribution in [-0.2, 0) is 6.54 Å². The summed E-state index contributed by atoms with van der Waals surface area (Å²) in [7, 11) is 7.71. The fraction of sp³-hybridized carbons (Fsp3) is 0.487. The van der Waals surface area contributed by atoms with Gasteiger partial charge in [0.05, 0.1) is 31.8 Å². The molecule has 0 saturated heterocycles. The van der Waals surface area contributed by atoms with Gasteiger partial charge in [-0.25, -0.2) is 9.59 Å². The van der Waals surface area contributed by atoms with E-state index in [0.717, 1.165) is 20.8 Å². The Hall–Kier alpha value is -2.74. The molecule has 252 valence electrons. The van der Waals surface area contributed by atoms with Crippen LogP contribution in [0, 0.1) is 0 Å². The lowest BCUT2D eigenvalue weighted by Gasteiger charge is -2.30. The Balaban J connectivity index is 0.000000330.